The molecule has 0 amide bonds. The first-order valence-electron chi connectivity index (χ1n) is 5.15. The summed E-state index contributed by atoms with van der Waals surface area (Å²) in [6.45, 7) is 0. The number of hydrogen-bond donors (Lipinski definition) is 0. The highest BCUT2D eigenvalue weighted by Crippen LogP contribution is 2.32. The Hall–Kier alpha value is -1.40. The van der Waals surface area contributed by atoms with E-state index in [-0.39, 0.29) is 11.6 Å². The van der Waals surface area contributed by atoms with Gasteiger partial charge in [-0.3, -0.25) is 4.79 Å². The zero-order chi connectivity index (χ0) is 12.7. The molecule has 6 heteroatoms. The van der Waals surface area contributed by atoms with Gasteiger partial charge in [-0.2, -0.15) is 0 Å². The highest BCUT2D eigenvalue weighted by atomic mass is 79.9. The Labute approximate surface area is 115 Å². The van der Waals surface area contributed by atoms with Crippen molar-refractivity contribution in [2.75, 3.05) is 0 Å². The fraction of sp³-hybridized carbons (Fsp3) is 0.0833. The molecule has 0 aliphatic heterocycles. The predicted octanol–water partition coefficient (Wildman–Crippen LogP) is 3.26. The van der Waals surface area contributed by atoms with E-state index >= 15 is 0 Å². The number of hydrogen-bond acceptors (Lipinski definition) is 4. The van der Waals surface area contributed by atoms with Gasteiger partial charge in [-0.25, -0.2) is 4.39 Å². The predicted molar refractivity (Wildman–Crippen MR) is 70.0 cm³/mol. The third-order valence-corrected chi connectivity index (χ3v) is 3.74. The van der Waals surface area contributed by atoms with Crippen molar-refractivity contribution in [2.24, 2.45) is 0 Å². The first kappa shape index (κ1) is 11.7. The molecule has 1 aromatic carbocycles. The third-order valence-electron chi connectivity index (χ3n) is 2.76. The first-order chi connectivity index (χ1) is 8.65. The minimum atomic E-state index is -0.354. The van der Waals surface area contributed by atoms with Gasteiger partial charge in [0.1, 0.15) is 5.82 Å². The van der Waals surface area contributed by atoms with E-state index in [0.717, 1.165) is 0 Å². The summed E-state index contributed by atoms with van der Waals surface area (Å²) in [6.07, 6.45) is 1.98. The molecule has 1 aliphatic rings. The number of Topliss-reactive ketones (excluding diaryl/α,β-unsaturated/α-hetero) is 1. The van der Waals surface area contributed by atoms with E-state index in [2.05, 4.69) is 25.5 Å². The average molecular weight is 325 g/mol. The van der Waals surface area contributed by atoms with Crippen molar-refractivity contribution in [3.63, 3.8) is 0 Å². The molecule has 18 heavy (non-hydrogen) atoms. The molecular formula is C12H6BrFN2OS. The van der Waals surface area contributed by atoms with E-state index in [9.17, 15) is 9.18 Å². The lowest BCUT2D eigenvalue weighted by Crippen LogP contribution is -1.95. The van der Waals surface area contributed by atoms with Gasteiger partial charge in [-0.1, -0.05) is 20.4 Å². The number of fused-ring (bicyclic) bond motifs is 1. The number of aromatic nitrogens is 2. The maximum atomic E-state index is 13.7. The van der Waals surface area contributed by atoms with Gasteiger partial charge in [0.15, 0.2) is 5.78 Å². The fourth-order valence-corrected chi connectivity index (χ4v) is 2.80. The number of carbonyl (C=O) groups excluding carboxylic acids is 1. The molecule has 3 rings (SSSR count). The van der Waals surface area contributed by atoms with E-state index in [4.69, 9.17) is 0 Å². The van der Waals surface area contributed by atoms with Gasteiger partial charge in [0.25, 0.3) is 0 Å². The highest BCUT2D eigenvalue weighted by molar-refractivity contribution is 9.10. The molecule has 0 saturated heterocycles. The summed E-state index contributed by atoms with van der Waals surface area (Å²) in [5, 5.41) is 5.60. The zero-order valence-corrected chi connectivity index (χ0v) is 11.4. The van der Waals surface area contributed by atoms with Crippen molar-refractivity contribution in [3.05, 3.63) is 50.2 Å². The minimum absolute atomic E-state index is 0.141. The van der Waals surface area contributed by atoms with E-state index < -0.39 is 0 Å². The Morgan fingerprint density at radius 3 is 3.00 bits per heavy atom. The average Bonchev–Trinajstić information content (AvgIpc) is 2.91. The second-order valence-electron chi connectivity index (χ2n) is 3.92. The van der Waals surface area contributed by atoms with Gasteiger partial charge >= 0.3 is 0 Å². The Kier molecular flexibility index (Phi) is 2.83. The van der Waals surface area contributed by atoms with Crippen LogP contribution in [0.1, 0.15) is 21.6 Å². The van der Waals surface area contributed by atoms with E-state index in [1.54, 1.807) is 17.5 Å². The van der Waals surface area contributed by atoms with Crippen LogP contribution in [0.25, 0.3) is 6.08 Å². The van der Waals surface area contributed by atoms with Crippen molar-refractivity contribution >= 4 is 39.3 Å². The summed E-state index contributed by atoms with van der Waals surface area (Å²) < 4.78 is 18.0. The Bertz CT molecular complexity index is 667. The highest BCUT2D eigenvalue weighted by Gasteiger charge is 2.28. The Morgan fingerprint density at radius 2 is 2.28 bits per heavy atom. The number of ketones is 1. The van der Waals surface area contributed by atoms with Gasteiger partial charge in [0.2, 0.25) is 0 Å². The van der Waals surface area contributed by atoms with Crippen LogP contribution in [0, 0.1) is 5.82 Å². The van der Waals surface area contributed by atoms with Gasteiger partial charge < -0.3 is 0 Å². The molecule has 1 aromatic heterocycles. The lowest BCUT2D eigenvalue weighted by molar-refractivity contribution is 0.104. The smallest absolute Gasteiger partial charge is 0.189 e. The molecular weight excluding hydrogens is 319 g/mol. The molecule has 90 valence electrons. The molecule has 3 nitrogen and oxygen atoms in total. The van der Waals surface area contributed by atoms with Crippen molar-refractivity contribution in [1.82, 2.24) is 9.59 Å². The molecule has 0 radical (unpaired) electrons. The molecule has 1 aliphatic carbocycles. The van der Waals surface area contributed by atoms with E-state index in [0.29, 0.717) is 33.3 Å². The van der Waals surface area contributed by atoms with Crippen LogP contribution in [-0.2, 0) is 6.42 Å². The van der Waals surface area contributed by atoms with Gasteiger partial charge in [-0.05, 0) is 29.7 Å². The summed E-state index contributed by atoms with van der Waals surface area (Å²) in [7, 11) is 0. The van der Waals surface area contributed by atoms with Crippen molar-refractivity contribution < 1.29 is 9.18 Å². The van der Waals surface area contributed by atoms with Crippen LogP contribution in [0.3, 0.4) is 0 Å². The molecule has 2 aromatic rings. The number of nitrogens with zero attached hydrogens (tertiary/aromatic N) is 2. The number of halogens is 2. The van der Waals surface area contributed by atoms with Crippen LogP contribution in [0.2, 0.25) is 0 Å². The molecule has 0 saturated carbocycles. The fourth-order valence-electron chi connectivity index (χ4n) is 1.96. The third kappa shape index (κ3) is 1.91. The maximum Gasteiger partial charge on any atom is 0.189 e. The van der Waals surface area contributed by atoms with Crippen LogP contribution in [0.4, 0.5) is 4.39 Å². The Morgan fingerprint density at radius 1 is 1.44 bits per heavy atom. The summed E-state index contributed by atoms with van der Waals surface area (Å²) in [4.78, 5) is 12.1. The second kappa shape index (κ2) is 4.37. The van der Waals surface area contributed by atoms with Crippen molar-refractivity contribution in [1.29, 1.82) is 0 Å². The topological polar surface area (TPSA) is 42.9 Å². The normalized spacial score (nSPS) is 16.3. The lowest BCUT2D eigenvalue weighted by atomic mass is 10.1. The lowest BCUT2D eigenvalue weighted by Gasteiger charge is -1.99. The van der Waals surface area contributed by atoms with Crippen LogP contribution in [0.5, 0.6) is 0 Å². The molecule has 0 N–H and O–H groups in total. The van der Waals surface area contributed by atoms with Crippen LogP contribution in [-0.4, -0.2) is 15.4 Å². The van der Waals surface area contributed by atoms with Crippen LogP contribution < -0.4 is 0 Å². The summed E-state index contributed by atoms with van der Waals surface area (Å²) in [5.41, 5.74) is 2.07. The summed E-state index contributed by atoms with van der Waals surface area (Å²) >= 11 is 4.41. The van der Waals surface area contributed by atoms with Gasteiger partial charge in [0, 0.05) is 33.0 Å². The largest absolute Gasteiger partial charge is 0.289 e. The second-order valence-corrected chi connectivity index (χ2v) is 5.44. The minimum Gasteiger partial charge on any atom is -0.289 e. The number of benzene rings is 1. The Balaban J connectivity index is 2.07. The number of rotatable bonds is 1. The monoisotopic (exact) mass is 324 g/mol. The van der Waals surface area contributed by atoms with Crippen molar-refractivity contribution in [3.8, 4) is 0 Å². The van der Waals surface area contributed by atoms with Gasteiger partial charge in [0.05, 0.1) is 5.69 Å². The quantitative estimate of drug-likeness (QED) is 0.756. The molecule has 0 unspecified atom stereocenters. The molecule has 0 spiro atoms. The zero-order valence-electron chi connectivity index (χ0n) is 8.98. The van der Waals surface area contributed by atoms with Gasteiger partial charge in [-0.15, -0.1) is 5.10 Å². The summed E-state index contributed by atoms with van der Waals surface area (Å²) in [6, 6.07) is 3.03. The maximum absolute atomic E-state index is 13.7. The number of carbonyl (C=O) groups is 1. The molecule has 0 bridgehead atoms. The molecule has 0 atom stereocenters. The molecule has 0 fully saturated rings. The van der Waals surface area contributed by atoms with Crippen LogP contribution in [0.15, 0.2) is 27.6 Å². The first-order valence-corrected chi connectivity index (χ1v) is 6.78. The van der Waals surface area contributed by atoms with E-state index in [1.165, 1.54) is 17.6 Å². The van der Waals surface area contributed by atoms with Crippen molar-refractivity contribution in [2.45, 2.75) is 6.42 Å². The van der Waals surface area contributed by atoms with Crippen LogP contribution >= 0.6 is 27.5 Å². The summed E-state index contributed by atoms with van der Waals surface area (Å²) in [5.74, 6) is -0.495. The standard InChI is InChI=1S/C12H6BrFN2OS/c13-7-3-10-9(11(14)4-7)2-6(12(10)17)1-8-5-18-16-15-8/h1,3-5H,2H2/b6-1-. The van der Waals surface area contributed by atoms with E-state index in [1.807, 2.05) is 0 Å². The number of allylic oxidation sites excluding steroid dienone is 1. The SMILES string of the molecule is O=C1/C(=C\c2csnn2)Cc2c(F)cc(Br)cc21. The molecule has 1 heterocycles.